The van der Waals surface area contributed by atoms with Gasteiger partial charge in [0.15, 0.2) is 16.7 Å². The number of nitrogens with zero attached hydrogens (tertiary/aromatic N) is 6. The first-order valence-electron chi connectivity index (χ1n) is 14.1. The number of hydrogen-bond acceptors (Lipinski definition) is 9. The first kappa shape index (κ1) is 29.7. The van der Waals surface area contributed by atoms with Crippen LogP contribution in [-0.2, 0) is 16.1 Å². The van der Waals surface area contributed by atoms with Gasteiger partial charge in [-0.2, -0.15) is 0 Å². The average Bonchev–Trinajstić information content (AvgIpc) is 3.39. The number of thioether (sulfide) groups is 1. The lowest BCUT2D eigenvalue weighted by molar-refractivity contribution is -0.135. The molecule has 1 aromatic heterocycles. The largest absolute Gasteiger partial charge is 0.454 e. The van der Waals surface area contributed by atoms with E-state index in [1.807, 2.05) is 21.9 Å². The van der Waals surface area contributed by atoms with Crippen molar-refractivity contribution in [3.8, 4) is 11.5 Å². The van der Waals surface area contributed by atoms with Crippen LogP contribution in [0.5, 0.6) is 11.5 Å². The summed E-state index contributed by atoms with van der Waals surface area (Å²) < 4.78 is 10.9. The molecule has 5 rings (SSSR count). The fraction of sp³-hybridized carbons (Fsp3) is 0.586. The second-order valence-corrected chi connectivity index (χ2v) is 13.4. The zero-order valence-electron chi connectivity index (χ0n) is 24.3. The predicted molar refractivity (Wildman–Crippen MR) is 160 cm³/mol. The molecule has 12 heteroatoms. The Morgan fingerprint density at radius 1 is 1.00 bits per heavy atom. The van der Waals surface area contributed by atoms with Crippen LogP contribution in [-0.4, -0.2) is 101 Å². The molecule has 2 amide bonds. The fourth-order valence-corrected chi connectivity index (χ4v) is 6.36. The van der Waals surface area contributed by atoms with Gasteiger partial charge in [-0.25, -0.2) is 9.97 Å². The van der Waals surface area contributed by atoms with Crippen molar-refractivity contribution >= 4 is 41.0 Å². The van der Waals surface area contributed by atoms with Gasteiger partial charge in [-0.15, -0.1) is 0 Å². The summed E-state index contributed by atoms with van der Waals surface area (Å²) >= 11 is 7.68. The van der Waals surface area contributed by atoms with E-state index in [-0.39, 0.29) is 35.8 Å². The molecule has 1 atom stereocenters. The van der Waals surface area contributed by atoms with Gasteiger partial charge in [0.2, 0.25) is 18.6 Å². The number of piperazine rings is 2. The van der Waals surface area contributed by atoms with Crippen LogP contribution in [0.15, 0.2) is 29.4 Å². The molecule has 10 nitrogen and oxygen atoms in total. The highest BCUT2D eigenvalue weighted by Gasteiger charge is 2.30. The van der Waals surface area contributed by atoms with Gasteiger partial charge in [-0.1, -0.05) is 50.2 Å². The lowest BCUT2D eigenvalue weighted by Gasteiger charge is -2.41. The Hall–Kier alpha value is -2.76. The number of fused-ring (bicyclic) bond motifs is 1. The average molecular weight is 603 g/mol. The molecule has 2 fully saturated rings. The smallest absolute Gasteiger partial charge is 0.233 e. The molecular weight excluding hydrogens is 564 g/mol. The van der Waals surface area contributed by atoms with Crippen LogP contribution in [0.3, 0.4) is 0 Å². The van der Waals surface area contributed by atoms with E-state index >= 15 is 0 Å². The molecule has 3 aliphatic rings. The van der Waals surface area contributed by atoms with Crippen molar-refractivity contribution < 1.29 is 19.1 Å². The van der Waals surface area contributed by atoms with E-state index in [4.69, 9.17) is 26.1 Å². The first-order chi connectivity index (χ1) is 19.5. The number of anilines is 1. The lowest BCUT2D eigenvalue weighted by atomic mass is 9.91. The van der Waals surface area contributed by atoms with Gasteiger partial charge in [-0.3, -0.25) is 14.5 Å². The van der Waals surface area contributed by atoms with Gasteiger partial charge in [0, 0.05) is 70.9 Å². The molecule has 41 heavy (non-hydrogen) atoms. The first-order valence-corrected chi connectivity index (χ1v) is 15.5. The van der Waals surface area contributed by atoms with Crippen LogP contribution >= 0.6 is 23.4 Å². The second kappa shape index (κ2) is 12.6. The number of rotatable bonds is 7. The molecule has 0 bridgehead atoms. The van der Waals surface area contributed by atoms with Crippen LogP contribution < -0.4 is 14.4 Å². The van der Waals surface area contributed by atoms with Crippen LogP contribution in [0.1, 0.15) is 39.7 Å². The third-order valence-electron chi connectivity index (χ3n) is 7.51. The van der Waals surface area contributed by atoms with Crippen molar-refractivity contribution in [2.45, 2.75) is 51.9 Å². The van der Waals surface area contributed by atoms with Crippen molar-refractivity contribution in [2.24, 2.45) is 5.41 Å². The molecule has 3 aliphatic heterocycles. The Bertz CT molecular complexity index is 1270. The van der Waals surface area contributed by atoms with E-state index in [2.05, 4.69) is 48.5 Å². The summed E-state index contributed by atoms with van der Waals surface area (Å²) in [6.07, 6.45) is 0.528. The molecule has 1 unspecified atom stereocenters. The van der Waals surface area contributed by atoms with Gasteiger partial charge >= 0.3 is 0 Å². The molecular formula is C29H39ClN6O4S. The number of aromatic nitrogens is 2. The molecule has 0 N–H and O–H groups in total. The van der Waals surface area contributed by atoms with E-state index in [1.54, 1.807) is 6.07 Å². The molecule has 2 saturated heterocycles. The summed E-state index contributed by atoms with van der Waals surface area (Å²) in [5, 5.41) is 0.835. The number of hydrogen-bond donors (Lipinski definition) is 0. The van der Waals surface area contributed by atoms with Crippen molar-refractivity contribution in [1.82, 2.24) is 24.7 Å². The summed E-state index contributed by atoms with van der Waals surface area (Å²) in [5.41, 5.74) is 1.13. The molecule has 0 aliphatic carbocycles. The minimum atomic E-state index is -0.0422. The highest BCUT2D eigenvalue weighted by atomic mass is 35.5. The number of carbonyl (C=O) groups is 2. The normalized spacial score (nSPS) is 19.5. The van der Waals surface area contributed by atoms with Crippen LogP contribution in [0.4, 0.5) is 5.82 Å². The Balaban J connectivity index is 1.10. The standard InChI is InChI=1S/C29H39ClN6O4S/c1-20-16-35(11-12-36(20)26(37)15-29(2,3)4)25-14-24(30)31-28(32-25)41-18-27(38)34-9-7-33(8-10-34)17-21-5-6-22-23(13-21)40-19-39-22/h5-6,13-14,20H,7-12,15-19H2,1-4H3. The van der Waals surface area contributed by atoms with Crippen molar-refractivity contribution in [1.29, 1.82) is 0 Å². The summed E-state index contributed by atoms with van der Waals surface area (Å²) in [5.74, 6) is 2.83. The maximum absolute atomic E-state index is 13.0. The minimum absolute atomic E-state index is 0.0422. The maximum atomic E-state index is 13.0. The van der Waals surface area contributed by atoms with Crippen LogP contribution in [0.25, 0.3) is 0 Å². The third-order valence-corrected chi connectivity index (χ3v) is 8.53. The molecule has 2 aromatic rings. The summed E-state index contributed by atoms with van der Waals surface area (Å²) in [7, 11) is 0. The highest BCUT2D eigenvalue weighted by Crippen LogP contribution is 2.33. The van der Waals surface area contributed by atoms with Gasteiger partial charge in [0.1, 0.15) is 11.0 Å². The Morgan fingerprint density at radius 3 is 2.49 bits per heavy atom. The van der Waals surface area contributed by atoms with Gasteiger partial charge in [0.05, 0.1) is 5.75 Å². The fourth-order valence-electron chi connectivity index (χ4n) is 5.37. The number of ether oxygens (including phenoxy) is 2. The monoisotopic (exact) mass is 602 g/mol. The molecule has 0 radical (unpaired) electrons. The second-order valence-electron chi connectivity index (χ2n) is 12.1. The lowest BCUT2D eigenvalue weighted by Crippen LogP contribution is -2.54. The number of carbonyl (C=O) groups excluding carboxylic acids is 2. The van der Waals surface area contributed by atoms with E-state index in [1.165, 1.54) is 17.3 Å². The molecule has 0 spiro atoms. The number of benzene rings is 1. The number of halogens is 1. The zero-order valence-corrected chi connectivity index (χ0v) is 25.8. The predicted octanol–water partition coefficient (Wildman–Crippen LogP) is 3.77. The third kappa shape index (κ3) is 7.75. The van der Waals surface area contributed by atoms with E-state index < -0.39 is 0 Å². The quantitative estimate of drug-likeness (QED) is 0.267. The van der Waals surface area contributed by atoms with Crippen LogP contribution in [0.2, 0.25) is 5.15 Å². The Kier molecular flexibility index (Phi) is 9.15. The van der Waals surface area contributed by atoms with Gasteiger partial charge in [0.25, 0.3) is 0 Å². The van der Waals surface area contributed by atoms with Crippen molar-refractivity contribution in [2.75, 3.05) is 63.3 Å². The molecule has 222 valence electrons. The SMILES string of the molecule is CC1CN(c2cc(Cl)nc(SCC(=O)N3CCN(Cc4ccc5c(c4)OCO5)CC3)n2)CCN1C(=O)CC(C)(C)C. The molecule has 4 heterocycles. The Morgan fingerprint density at radius 2 is 1.76 bits per heavy atom. The zero-order chi connectivity index (χ0) is 29.1. The highest BCUT2D eigenvalue weighted by molar-refractivity contribution is 7.99. The minimum Gasteiger partial charge on any atom is -0.454 e. The van der Waals surface area contributed by atoms with Gasteiger partial charge in [-0.05, 0) is 30.0 Å². The summed E-state index contributed by atoms with van der Waals surface area (Å²) in [6, 6.07) is 7.87. The van der Waals surface area contributed by atoms with Crippen molar-refractivity contribution in [3.05, 3.63) is 35.0 Å². The number of amides is 2. The van der Waals surface area contributed by atoms with Crippen LogP contribution in [0, 0.1) is 5.41 Å². The van der Waals surface area contributed by atoms with Gasteiger partial charge < -0.3 is 24.2 Å². The van der Waals surface area contributed by atoms with E-state index in [9.17, 15) is 9.59 Å². The topological polar surface area (TPSA) is 91.3 Å². The van der Waals surface area contributed by atoms with Crippen molar-refractivity contribution in [3.63, 3.8) is 0 Å². The maximum Gasteiger partial charge on any atom is 0.233 e. The van der Waals surface area contributed by atoms with E-state index in [0.29, 0.717) is 49.5 Å². The Labute approximate surface area is 251 Å². The van der Waals surface area contributed by atoms with E-state index in [0.717, 1.165) is 37.0 Å². The summed E-state index contributed by atoms with van der Waals surface area (Å²) in [4.78, 5) is 43.2. The molecule has 0 saturated carbocycles. The molecule has 1 aromatic carbocycles. The summed E-state index contributed by atoms with van der Waals surface area (Å²) in [6.45, 7) is 14.4.